The number of fused-ring (bicyclic) bond motifs is 1. The van der Waals surface area contributed by atoms with Gasteiger partial charge in [-0.1, -0.05) is 44.4 Å². The van der Waals surface area contributed by atoms with E-state index in [2.05, 4.69) is 24.1 Å². The van der Waals surface area contributed by atoms with Crippen LogP contribution in [0.4, 0.5) is 0 Å². The van der Waals surface area contributed by atoms with Gasteiger partial charge in [-0.25, -0.2) is 0 Å². The molecule has 1 aliphatic heterocycles. The van der Waals surface area contributed by atoms with Crippen LogP contribution in [0.25, 0.3) is 0 Å². The maximum absolute atomic E-state index is 13.5. The zero-order valence-corrected chi connectivity index (χ0v) is 16.0. The summed E-state index contributed by atoms with van der Waals surface area (Å²) >= 11 is 0. The molecule has 2 saturated carbocycles. The molecule has 4 nitrogen and oxygen atoms in total. The Morgan fingerprint density at radius 2 is 1.92 bits per heavy atom. The van der Waals surface area contributed by atoms with Crippen molar-refractivity contribution in [3.05, 3.63) is 35.4 Å². The molecule has 1 aromatic carbocycles. The largest absolute Gasteiger partial charge is 0.353 e. The fourth-order valence-electron chi connectivity index (χ4n) is 5.12. The molecule has 1 spiro atoms. The summed E-state index contributed by atoms with van der Waals surface area (Å²) in [7, 11) is 0. The number of nitrogens with zero attached hydrogens (tertiary/aromatic N) is 1. The van der Waals surface area contributed by atoms with Gasteiger partial charge in [-0.15, -0.1) is 0 Å². The third-order valence-electron chi connectivity index (χ3n) is 6.68. The lowest BCUT2D eigenvalue weighted by Crippen LogP contribution is -2.64. The maximum Gasteiger partial charge on any atom is 0.254 e. The SMILES string of the molecule is CC[C@H](C)N1C(=O)c2ccccc2[C@@H](C(=O)NC2CC2)C12CCCCC2. The van der Waals surface area contributed by atoms with E-state index in [1.54, 1.807) is 0 Å². The lowest BCUT2D eigenvalue weighted by molar-refractivity contribution is -0.128. The van der Waals surface area contributed by atoms with Gasteiger partial charge in [0.25, 0.3) is 5.91 Å². The van der Waals surface area contributed by atoms with E-state index in [1.165, 1.54) is 6.42 Å². The first-order chi connectivity index (χ1) is 12.6. The minimum atomic E-state index is -0.363. The molecular formula is C22H30N2O2. The molecule has 0 bridgehead atoms. The first-order valence-corrected chi connectivity index (χ1v) is 10.3. The summed E-state index contributed by atoms with van der Waals surface area (Å²) in [6.45, 7) is 4.27. The first-order valence-electron chi connectivity index (χ1n) is 10.3. The number of carbonyl (C=O) groups is 2. The molecule has 2 amide bonds. The normalized spacial score (nSPS) is 25.7. The molecule has 4 rings (SSSR count). The summed E-state index contributed by atoms with van der Waals surface area (Å²) < 4.78 is 0. The fraction of sp³-hybridized carbons (Fsp3) is 0.636. The molecular weight excluding hydrogens is 324 g/mol. The van der Waals surface area contributed by atoms with Crippen molar-refractivity contribution in [1.29, 1.82) is 0 Å². The van der Waals surface area contributed by atoms with E-state index < -0.39 is 0 Å². The van der Waals surface area contributed by atoms with Crippen molar-refractivity contribution in [2.45, 2.75) is 88.8 Å². The Balaban J connectivity index is 1.86. The monoisotopic (exact) mass is 354 g/mol. The van der Waals surface area contributed by atoms with Crippen molar-refractivity contribution >= 4 is 11.8 Å². The predicted molar refractivity (Wildman–Crippen MR) is 102 cm³/mol. The number of hydrogen-bond donors (Lipinski definition) is 1. The zero-order chi connectivity index (χ0) is 18.3. The number of amides is 2. The van der Waals surface area contributed by atoms with Crippen LogP contribution in [0.5, 0.6) is 0 Å². The molecule has 2 atom stereocenters. The average molecular weight is 354 g/mol. The van der Waals surface area contributed by atoms with Gasteiger partial charge in [0.15, 0.2) is 0 Å². The smallest absolute Gasteiger partial charge is 0.254 e. The summed E-state index contributed by atoms with van der Waals surface area (Å²) in [5.41, 5.74) is 1.30. The highest BCUT2D eigenvalue weighted by Crippen LogP contribution is 2.50. The maximum atomic E-state index is 13.5. The van der Waals surface area contributed by atoms with Gasteiger partial charge in [-0.3, -0.25) is 9.59 Å². The second-order valence-electron chi connectivity index (χ2n) is 8.40. The lowest BCUT2D eigenvalue weighted by atomic mass is 9.64. The van der Waals surface area contributed by atoms with E-state index in [4.69, 9.17) is 0 Å². The van der Waals surface area contributed by atoms with Gasteiger partial charge in [0.2, 0.25) is 5.91 Å². The van der Waals surface area contributed by atoms with Gasteiger partial charge in [-0.05, 0) is 50.7 Å². The molecule has 0 unspecified atom stereocenters. The van der Waals surface area contributed by atoms with Gasteiger partial charge in [0, 0.05) is 17.6 Å². The molecule has 2 fully saturated rings. The predicted octanol–water partition coefficient (Wildman–Crippen LogP) is 4.01. The van der Waals surface area contributed by atoms with E-state index in [-0.39, 0.29) is 29.3 Å². The minimum Gasteiger partial charge on any atom is -0.353 e. The summed E-state index contributed by atoms with van der Waals surface area (Å²) in [6, 6.07) is 8.28. The molecule has 2 aliphatic carbocycles. The molecule has 4 heteroatoms. The third-order valence-corrected chi connectivity index (χ3v) is 6.68. The fourth-order valence-corrected chi connectivity index (χ4v) is 5.12. The van der Waals surface area contributed by atoms with Gasteiger partial charge in [0.1, 0.15) is 0 Å². The van der Waals surface area contributed by atoms with Crippen LogP contribution in [0, 0.1) is 0 Å². The quantitative estimate of drug-likeness (QED) is 0.888. The van der Waals surface area contributed by atoms with Crippen LogP contribution in [0.1, 0.15) is 87.1 Å². The second-order valence-corrected chi connectivity index (χ2v) is 8.40. The van der Waals surface area contributed by atoms with Crippen LogP contribution in [-0.2, 0) is 4.79 Å². The van der Waals surface area contributed by atoms with Crippen LogP contribution in [0.15, 0.2) is 24.3 Å². The van der Waals surface area contributed by atoms with Crippen molar-refractivity contribution in [3.63, 3.8) is 0 Å². The molecule has 140 valence electrons. The van der Waals surface area contributed by atoms with E-state index in [0.29, 0.717) is 6.04 Å². The van der Waals surface area contributed by atoms with Crippen LogP contribution in [0.3, 0.4) is 0 Å². The third kappa shape index (κ3) is 2.74. The van der Waals surface area contributed by atoms with Crippen molar-refractivity contribution in [1.82, 2.24) is 10.2 Å². The van der Waals surface area contributed by atoms with E-state index in [0.717, 1.165) is 56.1 Å². The molecule has 1 aromatic rings. The van der Waals surface area contributed by atoms with Crippen LogP contribution in [0.2, 0.25) is 0 Å². The van der Waals surface area contributed by atoms with Crippen LogP contribution >= 0.6 is 0 Å². The number of hydrogen-bond acceptors (Lipinski definition) is 2. The highest BCUT2D eigenvalue weighted by molar-refractivity contribution is 6.02. The Morgan fingerprint density at radius 1 is 1.23 bits per heavy atom. The molecule has 26 heavy (non-hydrogen) atoms. The minimum absolute atomic E-state index is 0.118. The van der Waals surface area contributed by atoms with Gasteiger partial charge in [-0.2, -0.15) is 0 Å². The van der Waals surface area contributed by atoms with E-state index in [1.807, 2.05) is 24.3 Å². The molecule has 1 heterocycles. The number of benzene rings is 1. The Kier molecular flexibility index (Phi) is 4.54. The number of rotatable bonds is 4. The molecule has 0 aromatic heterocycles. The molecule has 3 aliphatic rings. The van der Waals surface area contributed by atoms with E-state index in [9.17, 15) is 9.59 Å². The van der Waals surface area contributed by atoms with Crippen molar-refractivity contribution < 1.29 is 9.59 Å². The second kappa shape index (κ2) is 6.71. The highest BCUT2D eigenvalue weighted by Gasteiger charge is 2.55. The first kappa shape index (κ1) is 17.6. The highest BCUT2D eigenvalue weighted by atomic mass is 16.2. The van der Waals surface area contributed by atoms with Crippen molar-refractivity contribution in [2.75, 3.05) is 0 Å². The van der Waals surface area contributed by atoms with Gasteiger partial charge >= 0.3 is 0 Å². The van der Waals surface area contributed by atoms with E-state index >= 15 is 0 Å². The summed E-state index contributed by atoms with van der Waals surface area (Å²) in [4.78, 5) is 29.0. The summed E-state index contributed by atoms with van der Waals surface area (Å²) in [6.07, 6.45) is 8.32. The topological polar surface area (TPSA) is 49.4 Å². The van der Waals surface area contributed by atoms with Crippen LogP contribution < -0.4 is 5.32 Å². The number of nitrogens with one attached hydrogen (secondary N) is 1. The summed E-state index contributed by atoms with van der Waals surface area (Å²) in [5, 5.41) is 3.25. The zero-order valence-electron chi connectivity index (χ0n) is 16.0. The Bertz CT molecular complexity index is 704. The molecule has 1 N–H and O–H groups in total. The molecule has 0 saturated heterocycles. The van der Waals surface area contributed by atoms with Gasteiger partial charge in [0.05, 0.1) is 11.5 Å². The Labute approximate surface area is 156 Å². The Morgan fingerprint density at radius 3 is 2.58 bits per heavy atom. The number of carbonyl (C=O) groups excluding carboxylic acids is 2. The Hall–Kier alpha value is -1.84. The van der Waals surface area contributed by atoms with Crippen molar-refractivity contribution in [2.24, 2.45) is 0 Å². The standard InChI is InChI=1S/C22H30N2O2/c1-3-15(2)24-21(26)18-10-6-5-9-17(18)19(20(25)23-16-11-12-16)22(24)13-7-4-8-14-22/h5-6,9-10,15-16,19H,3-4,7-8,11-14H2,1-2H3,(H,23,25)/t15-,19-/m0/s1. The van der Waals surface area contributed by atoms with Gasteiger partial charge < -0.3 is 10.2 Å². The average Bonchev–Trinajstić information content (AvgIpc) is 3.46. The van der Waals surface area contributed by atoms with Crippen LogP contribution in [-0.4, -0.2) is 34.3 Å². The lowest BCUT2D eigenvalue weighted by Gasteiger charge is -2.55. The summed E-state index contributed by atoms with van der Waals surface area (Å²) in [5.74, 6) is 0.00118. The molecule has 0 radical (unpaired) electrons. The van der Waals surface area contributed by atoms with Crippen molar-refractivity contribution in [3.8, 4) is 0 Å².